The zero-order valence-corrected chi connectivity index (χ0v) is 37.3. The average molecular weight is 844 g/mol. The molecule has 0 bridgehead atoms. The first kappa shape index (κ1) is 40.5. The van der Waals surface area contributed by atoms with Crippen LogP contribution in [0.25, 0.3) is 66.1 Å². The van der Waals surface area contributed by atoms with Crippen LogP contribution in [0.15, 0.2) is 261 Å². The molecule has 0 N–H and O–H groups in total. The Hall–Kier alpha value is -8.26. The summed E-state index contributed by atoms with van der Waals surface area (Å²) in [6, 6.07) is 96.1. The highest BCUT2D eigenvalue weighted by Crippen LogP contribution is 2.59. The molecule has 0 heterocycles. The molecule has 0 fully saturated rings. The fraction of sp³-hybridized carbons (Fsp3) is 0.0462. The maximum absolute atomic E-state index is 2.52. The van der Waals surface area contributed by atoms with E-state index in [-0.39, 0.29) is 0 Å². The van der Waals surface area contributed by atoms with Crippen molar-refractivity contribution < 1.29 is 0 Å². The van der Waals surface area contributed by atoms with Crippen molar-refractivity contribution in [3.63, 3.8) is 0 Å². The van der Waals surface area contributed by atoms with E-state index in [2.05, 4.69) is 266 Å². The fourth-order valence-corrected chi connectivity index (χ4v) is 10.4. The lowest BCUT2D eigenvalue weighted by atomic mass is 9.67. The van der Waals surface area contributed by atoms with Crippen LogP contribution in [-0.4, -0.2) is 0 Å². The van der Waals surface area contributed by atoms with E-state index in [0.717, 1.165) is 17.1 Å². The third-order valence-corrected chi connectivity index (χ3v) is 13.3. The summed E-state index contributed by atoms with van der Waals surface area (Å²) in [7, 11) is 0. The van der Waals surface area contributed by atoms with Crippen molar-refractivity contribution in [2.75, 3.05) is 4.90 Å². The third kappa shape index (κ3) is 6.89. The molecule has 0 atom stereocenters. The van der Waals surface area contributed by atoms with Crippen LogP contribution in [-0.2, 0) is 5.41 Å². The average Bonchev–Trinajstić information content (AvgIpc) is 3.70. The van der Waals surface area contributed by atoms with Gasteiger partial charge in [-0.3, -0.25) is 0 Å². The van der Waals surface area contributed by atoms with E-state index in [1.54, 1.807) is 0 Å². The Kier molecular flexibility index (Phi) is 10.7. The number of anilines is 3. The van der Waals surface area contributed by atoms with Gasteiger partial charge in [-0.15, -0.1) is 0 Å². The Labute approximate surface area is 388 Å². The van der Waals surface area contributed by atoms with Crippen LogP contribution >= 0.6 is 0 Å². The maximum atomic E-state index is 2.52. The number of hydrogen-bond acceptors (Lipinski definition) is 1. The number of hydrogen-bond donors (Lipinski definition) is 0. The van der Waals surface area contributed by atoms with E-state index in [0.29, 0.717) is 0 Å². The normalized spacial score (nSPS) is 12.2. The molecule has 11 aromatic rings. The molecule has 0 aliphatic heterocycles. The van der Waals surface area contributed by atoms with Crippen LogP contribution in [0, 0.1) is 0 Å². The molecule has 1 heteroatoms. The number of fused-ring (bicyclic) bond motifs is 6. The van der Waals surface area contributed by atoms with Gasteiger partial charge in [0.25, 0.3) is 0 Å². The van der Waals surface area contributed by atoms with Gasteiger partial charge in [0, 0.05) is 16.9 Å². The van der Waals surface area contributed by atoms with Crippen LogP contribution in [0.1, 0.15) is 36.1 Å². The molecular formula is C65H49N. The Bertz CT molecular complexity index is 3330. The molecule has 66 heavy (non-hydrogen) atoms. The van der Waals surface area contributed by atoms with Gasteiger partial charge in [-0.1, -0.05) is 232 Å². The topological polar surface area (TPSA) is 3.24 Å². The molecule has 314 valence electrons. The van der Waals surface area contributed by atoms with Crippen LogP contribution in [0.5, 0.6) is 0 Å². The fourth-order valence-electron chi connectivity index (χ4n) is 10.4. The zero-order chi connectivity index (χ0) is 44.5. The van der Waals surface area contributed by atoms with E-state index < -0.39 is 5.41 Å². The van der Waals surface area contributed by atoms with Crippen molar-refractivity contribution in [3.05, 3.63) is 283 Å². The summed E-state index contributed by atoms with van der Waals surface area (Å²) < 4.78 is 0. The minimum Gasteiger partial charge on any atom is -0.310 e. The van der Waals surface area contributed by atoms with E-state index in [4.69, 9.17) is 0 Å². The molecule has 1 aliphatic carbocycles. The summed E-state index contributed by atoms with van der Waals surface area (Å²) in [4.78, 5) is 2.48. The Morgan fingerprint density at radius 1 is 0.288 bits per heavy atom. The third-order valence-electron chi connectivity index (χ3n) is 13.3. The highest BCUT2D eigenvalue weighted by Gasteiger charge is 2.46. The van der Waals surface area contributed by atoms with Crippen molar-refractivity contribution in [2.45, 2.75) is 19.3 Å². The molecule has 0 aromatic heterocycles. The van der Waals surface area contributed by atoms with Gasteiger partial charge in [-0.25, -0.2) is 0 Å². The predicted molar refractivity (Wildman–Crippen MR) is 281 cm³/mol. The summed E-state index contributed by atoms with van der Waals surface area (Å²) >= 11 is 0. The van der Waals surface area contributed by atoms with Gasteiger partial charge < -0.3 is 4.90 Å². The molecule has 0 unspecified atom stereocenters. The zero-order valence-electron chi connectivity index (χ0n) is 37.3. The van der Waals surface area contributed by atoms with Gasteiger partial charge in [0.1, 0.15) is 0 Å². The first-order valence-corrected chi connectivity index (χ1v) is 23.2. The number of rotatable bonds is 8. The van der Waals surface area contributed by atoms with Gasteiger partial charge in [0.05, 0.1) is 11.1 Å². The second-order valence-corrected chi connectivity index (χ2v) is 16.8. The molecule has 0 amide bonds. The summed E-state index contributed by atoms with van der Waals surface area (Å²) in [5, 5.41) is 4.99. The van der Waals surface area contributed by atoms with Gasteiger partial charge in [0.15, 0.2) is 0 Å². The van der Waals surface area contributed by atoms with Gasteiger partial charge >= 0.3 is 0 Å². The van der Waals surface area contributed by atoms with E-state index in [1.165, 1.54) is 88.3 Å². The van der Waals surface area contributed by atoms with E-state index >= 15 is 0 Å². The molecule has 11 aromatic carbocycles. The van der Waals surface area contributed by atoms with Gasteiger partial charge in [-0.05, 0) is 125 Å². The number of nitrogens with zero attached hydrogens (tertiary/aromatic N) is 1. The molecule has 0 spiro atoms. The lowest BCUT2D eigenvalue weighted by Gasteiger charge is -2.35. The molecule has 1 aliphatic rings. The molecule has 0 radical (unpaired) electrons. The van der Waals surface area contributed by atoms with Crippen LogP contribution < -0.4 is 4.90 Å². The minimum atomic E-state index is -0.565. The Morgan fingerprint density at radius 3 is 1.33 bits per heavy atom. The molecule has 0 saturated heterocycles. The standard InChI is InChI=1S/C63H43N.C2H6/c1-5-17-44(18-6-1)46-31-36-53(37-32-46)64(54-38-33-47(34-39-54)45-19-7-2-8-20-45)62-43-61-59(42-58(62)50-35-40-56-49(41-50)30-29-48-21-13-14-26-55(48)56)57-27-15-16-28-60(57)63(61,51-22-9-3-10-23-51)52-24-11-4-12-25-52;1-2/h1-43H;1-2H3. The van der Waals surface area contributed by atoms with Crippen LogP contribution in [0.4, 0.5) is 17.1 Å². The predicted octanol–water partition coefficient (Wildman–Crippen LogP) is 17.9. The highest BCUT2D eigenvalue weighted by molar-refractivity contribution is 6.09. The molecule has 12 rings (SSSR count). The minimum absolute atomic E-state index is 0.565. The number of benzene rings is 11. The van der Waals surface area contributed by atoms with Crippen LogP contribution in [0.3, 0.4) is 0 Å². The maximum Gasteiger partial charge on any atom is 0.0714 e. The quantitative estimate of drug-likeness (QED) is 0.138. The smallest absolute Gasteiger partial charge is 0.0714 e. The summed E-state index contributed by atoms with van der Waals surface area (Å²) in [6.45, 7) is 4.00. The lowest BCUT2D eigenvalue weighted by Crippen LogP contribution is -2.28. The van der Waals surface area contributed by atoms with E-state index in [9.17, 15) is 0 Å². The van der Waals surface area contributed by atoms with Crippen molar-refractivity contribution in [3.8, 4) is 44.5 Å². The van der Waals surface area contributed by atoms with Crippen molar-refractivity contribution in [2.24, 2.45) is 0 Å². The largest absolute Gasteiger partial charge is 0.310 e. The second-order valence-electron chi connectivity index (χ2n) is 16.8. The molecule has 0 saturated carbocycles. The van der Waals surface area contributed by atoms with Crippen LogP contribution in [0.2, 0.25) is 0 Å². The summed E-state index contributed by atoms with van der Waals surface area (Å²) in [5.74, 6) is 0. The Balaban J connectivity index is 0.00000238. The van der Waals surface area contributed by atoms with Crippen molar-refractivity contribution in [1.29, 1.82) is 0 Å². The van der Waals surface area contributed by atoms with Crippen molar-refractivity contribution in [1.82, 2.24) is 0 Å². The second kappa shape index (κ2) is 17.4. The SMILES string of the molecule is CC.c1ccc(-c2ccc(N(c3ccc(-c4ccccc4)cc3)c3cc4c(cc3-c3ccc5c(ccc6ccccc65)c3)-c3ccccc3C4(c3ccccc3)c3ccccc3)cc2)cc1. The Morgan fingerprint density at radius 2 is 0.742 bits per heavy atom. The van der Waals surface area contributed by atoms with Gasteiger partial charge in [0.2, 0.25) is 0 Å². The van der Waals surface area contributed by atoms with Gasteiger partial charge in [-0.2, -0.15) is 0 Å². The first-order chi connectivity index (χ1) is 32.7. The van der Waals surface area contributed by atoms with E-state index in [1.807, 2.05) is 13.8 Å². The van der Waals surface area contributed by atoms with Crippen molar-refractivity contribution >= 4 is 38.6 Å². The molecular weight excluding hydrogens is 795 g/mol. The summed E-state index contributed by atoms with van der Waals surface area (Å²) in [5.41, 5.74) is 17.4. The highest BCUT2D eigenvalue weighted by atomic mass is 15.1. The molecule has 1 nitrogen and oxygen atoms in total. The first-order valence-electron chi connectivity index (χ1n) is 23.2. The summed E-state index contributed by atoms with van der Waals surface area (Å²) in [6.07, 6.45) is 0. The lowest BCUT2D eigenvalue weighted by molar-refractivity contribution is 0.768. The monoisotopic (exact) mass is 843 g/mol.